The summed E-state index contributed by atoms with van der Waals surface area (Å²) in [6.45, 7) is 0.412. The predicted molar refractivity (Wildman–Crippen MR) is 112 cm³/mol. The summed E-state index contributed by atoms with van der Waals surface area (Å²) in [5, 5.41) is 13.8. The van der Waals surface area contributed by atoms with Gasteiger partial charge in [0.1, 0.15) is 5.82 Å². The second-order valence-electron chi connectivity index (χ2n) is 7.90. The Morgan fingerprint density at radius 2 is 1.41 bits per heavy atom. The van der Waals surface area contributed by atoms with E-state index in [1.807, 2.05) is 7.05 Å². The average molecular weight is 494 g/mol. The molecule has 0 atom stereocenters. The number of halogens is 7. The maximum atomic E-state index is 14.2. The van der Waals surface area contributed by atoms with Crippen LogP contribution >= 0.6 is 0 Å². The molecule has 1 aliphatic carbocycles. The number of hydrogen-bond donors (Lipinski definition) is 3. The first kappa shape index (κ1) is 27.6. The molecule has 34 heavy (non-hydrogen) atoms. The summed E-state index contributed by atoms with van der Waals surface area (Å²) in [6, 6.07) is 10.6. The van der Waals surface area contributed by atoms with Crippen LogP contribution < -0.4 is 10.6 Å². The van der Waals surface area contributed by atoms with Crippen LogP contribution in [0.5, 0.6) is 0 Å². The molecular formula is C23H25F7N2O2. The van der Waals surface area contributed by atoms with Crippen molar-refractivity contribution in [1.29, 1.82) is 0 Å². The molecule has 1 aliphatic rings. The highest BCUT2D eigenvalue weighted by molar-refractivity contribution is 5.73. The van der Waals surface area contributed by atoms with Crippen molar-refractivity contribution in [2.75, 3.05) is 7.05 Å². The van der Waals surface area contributed by atoms with Gasteiger partial charge in [-0.05, 0) is 68.1 Å². The van der Waals surface area contributed by atoms with Crippen molar-refractivity contribution in [2.24, 2.45) is 0 Å². The highest BCUT2D eigenvalue weighted by Gasteiger charge is 2.38. The van der Waals surface area contributed by atoms with Gasteiger partial charge < -0.3 is 15.7 Å². The zero-order chi connectivity index (χ0) is 25.5. The summed E-state index contributed by atoms with van der Waals surface area (Å²) in [6.07, 6.45) is -5.15. The van der Waals surface area contributed by atoms with Crippen LogP contribution in [0.25, 0.3) is 11.1 Å². The van der Waals surface area contributed by atoms with Gasteiger partial charge in [0.25, 0.3) is 0 Å². The Morgan fingerprint density at radius 3 is 1.88 bits per heavy atom. The van der Waals surface area contributed by atoms with Crippen LogP contribution in [0.15, 0.2) is 42.5 Å². The lowest BCUT2D eigenvalue weighted by Crippen LogP contribution is -2.38. The molecule has 0 radical (unpaired) electrons. The molecule has 0 spiro atoms. The molecule has 3 rings (SSSR count). The van der Waals surface area contributed by atoms with Crippen LogP contribution in [0, 0.1) is 5.82 Å². The van der Waals surface area contributed by atoms with E-state index in [4.69, 9.17) is 9.90 Å². The van der Waals surface area contributed by atoms with E-state index in [0.29, 0.717) is 35.3 Å². The molecule has 188 valence electrons. The number of benzene rings is 2. The lowest BCUT2D eigenvalue weighted by Gasteiger charge is -2.29. The monoisotopic (exact) mass is 494 g/mol. The highest BCUT2D eigenvalue weighted by atomic mass is 19.4. The largest absolute Gasteiger partial charge is 0.490 e. The van der Waals surface area contributed by atoms with Crippen molar-refractivity contribution in [1.82, 2.24) is 10.6 Å². The van der Waals surface area contributed by atoms with E-state index in [-0.39, 0.29) is 5.82 Å². The molecule has 1 saturated carbocycles. The Kier molecular flexibility index (Phi) is 9.45. The number of carboxylic acid groups (broad SMARTS) is 1. The van der Waals surface area contributed by atoms with Gasteiger partial charge in [-0.2, -0.15) is 26.3 Å². The molecule has 11 heteroatoms. The van der Waals surface area contributed by atoms with Gasteiger partial charge in [0.2, 0.25) is 0 Å². The fourth-order valence-corrected chi connectivity index (χ4v) is 3.58. The summed E-state index contributed by atoms with van der Waals surface area (Å²) >= 11 is 0. The summed E-state index contributed by atoms with van der Waals surface area (Å²) in [7, 11) is 1.97. The van der Waals surface area contributed by atoms with Gasteiger partial charge >= 0.3 is 18.3 Å². The average Bonchev–Trinajstić information content (AvgIpc) is 2.78. The van der Waals surface area contributed by atoms with Crippen LogP contribution in [0.1, 0.15) is 36.8 Å². The van der Waals surface area contributed by atoms with Gasteiger partial charge in [-0.1, -0.05) is 18.2 Å². The third-order valence-electron chi connectivity index (χ3n) is 5.55. The maximum Gasteiger partial charge on any atom is 0.490 e. The molecule has 4 nitrogen and oxygen atoms in total. The van der Waals surface area contributed by atoms with Gasteiger partial charge in [0.15, 0.2) is 0 Å². The summed E-state index contributed by atoms with van der Waals surface area (Å²) < 4.78 is 84.0. The summed E-state index contributed by atoms with van der Waals surface area (Å²) in [4.78, 5) is 8.90. The number of rotatable bonds is 5. The fourth-order valence-electron chi connectivity index (χ4n) is 3.58. The van der Waals surface area contributed by atoms with E-state index in [1.54, 1.807) is 12.1 Å². The number of nitrogens with one attached hydrogen (secondary N) is 2. The Bertz CT molecular complexity index is 936. The van der Waals surface area contributed by atoms with Crippen molar-refractivity contribution in [3.05, 3.63) is 59.4 Å². The molecule has 3 N–H and O–H groups in total. The van der Waals surface area contributed by atoms with Crippen molar-refractivity contribution in [2.45, 2.75) is 56.7 Å². The van der Waals surface area contributed by atoms with Crippen molar-refractivity contribution in [3.63, 3.8) is 0 Å². The quantitative estimate of drug-likeness (QED) is 0.463. The van der Waals surface area contributed by atoms with E-state index in [2.05, 4.69) is 10.6 Å². The van der Waals surface area contributed by atoms with Crippen LogP contribution in [-0.4, -0.2) is 36.4 Å². The van der Waals surface area contributed by atoms with E-state index in [0.717, 1.165) is 37.8 Å². The van der Waals surface area contributed by atoms with Crippen molar-refractivity contribution < 1.29 is 40.6 Å². The third kappa shape index (κ3) is 8.28. The molecule has 0 amide bonds. The first-order valence-corrected chi connectivity index (χ1v) is 10.5. The van der Waals surface area contributed by atoms with Crippen LogP contribution in [-0.2, 0) is 17.5 Å². The molecule has 2 aromatic rings. The van der Waals surface area contributed by atoms with Gasteiger partial charge in [-0.25, -0.2) is 9.18 Å². The standard InChI is InChI=1S/C21H24F4N2.C2HF3O2/c1-26-18-7-9-19(10-8-18)27-13-16-12-15(4-11-20(16)22)14-2-5-17(6-3-14)21(23,24)25;3-2(4,5)1(6)7/h2-6,11-12,18-19,26-27H,7-10,13H2,1H3;(H,6,7). The Morgan fingerprint density at radius 1 is 0.912 bits per heavy atom. The first-order valence-electron chi connectivity index (χ1n) is 10.5. The molecule has 0 unspecified atom stereocenters. The minimum absolute atomic E-state index is 0.304. The second-order valence-corrected chi connectivity index (χ2v) is 7.90. The van der Waals surface area contributed by atoms with E-state index >= 15 is 0 Å². The summed E-state index contributed by atoms with van der Waals surface area (Å²) in [5.41, 5.74) is 1.19. The molecule has 1 fully saturated rings. The van der Waals surface area contributed by atoms with Crippen molar-refractivity contribution in [3.8, 4) is 11.1 Å². The van der Waals surface area contributed by atoms with Crippen LogP contribution in [0.3, 0.4) is 0 Å². The lowest BCUT2D eigenvalue weighted by atomic mass is 9.91. The summed E-state index contributed by atoms with van der Waals surface area (Å²) in [5.74, 6) is -3.06. The van der Waals surface area contributed by atoms with Gasteiger partial charge in [-0.3, -0.25) is 0 Å². The normalized spacial score (nSPS) is 18.7. The minimum Gasteiger partial charge on any atom is -0.475 e. The van der Waals surface area contributed by atoms with Gasteiger partial charge in [0.05, 0.1) is 5.56 Å². The molecule has 2 aromatic carbocycles. The SMILES string of the molecule is CNC1CCC(NCc2cc(-c3ccc(C(F)(F)F)cc3)ccc2F)CC1.O=C(O)C(F)(F)F. The van der Waals surface area contributed by atoms with Crippen LogP contribution in [0.4, 0.5) is 30.7 Å². The first-order chi connectivity index (χ1) is 15.8. The van der Waals surface area contributed by atoms with E-state index < -0.39 is 23.9 Å². The zero-order valence-corrected chi connectivity index (χ0v) is 18.2. The van der Waals surface area contributed by atoms with Crippen LogP contribution in [0.2, 0.25) is 0 Å². The molecule has 0 saturated heterocycles. The number of carbonyl (C=O) groups is 1. The second kappa shape index (κ2) is 11.7. The molecule has 0 bridgehead atoms. The van der Waals surface area contributed by atoms with E-state index in [9.17, 15) is 30.7 Å². The molecular weight excluding hydrogens is 469 g/mol. The maximum absolute atomic E-state index is 14.2. The number of carboxylic acids is 1. The number of alkyl halides is 6. The fraction of sp³-hybridized carbons (Fsp3) is 0.435. The van der Waals surface area contributed by atoms with Gasteiger partial charge in [0, 0.05) is 24.2 Å². The Balaban J connectivity index is 0.000000509. The van der Waals surface area contributed by atoms with Crippen molar-refractivity contribution >= 4 is 5.97 Å². The Hall–Kier alpha value is -2.66. The smallest absolute Gasteiger partial charge is 0.475 e. The van der Waals surface area contributed by atoms with E-state index in [1.165, 1.54) is 18.2 Å². The molecule has 0 aliphatic heterocycles. The Labute approximate surface area is 192 Å². The lowest BCUT2D eigenvalue weighted by molar-refractivity contribution is -0.192. The zero-order valence-electron chi connectivity index (χ0n) is 18.2. The third-order valence-corrected chi connectivity index (χ3v) is 5.55. The number of aliphatic carboxylic acids is 1. The highest BCUT2D eigenvalue weighted by Crippen LogP contribution is 2.31. The minimum atomic E-state index is -5.08. The predicted octanol–water partition coefficient (Wildman–Crippen LogP) is 5.77. The molecule has 0 heterocycles. The molecule has 0 aromatic heterocycles. The number of hydrogen-bond acceptors (Lipinski definition) is 3. The topological polar surface area (TPSA) is 61.4 Å². The van der Waals surface area contributed by atoms with Gasteiger partial charge in [-0.15, -0.1) is 0 Å².